The molecule has 1 aliphatic heterocycles. The summed E-state index contributed by atoms with van der Waals surface area (Å²) in [6, 6.07) is 6.59. The van der Waals surface area contributed by atoms with Gasteiger partial charge in [0.1, 0.15) is 11.0 Å². The van der Waals surface area contributed by atoms with E-state index in [0.717, 1.165) is 39.3 Å². The Labute approximate surface area is 180 Å². The lowest BCUT2D eigenvalue weighted by Crippen LogP contribution is -2.28. The topological polar surface area (TPSA) is 52.8 Å². The Balaban J connectivity index is 1.86. The van der Waals surface area contributed by atoms with Gasteiger partial charge in [-0.2, -0.15) is 0 Å². The predicted octanol–water partition coefficient (Wildman–Crippen LogP) is 5.55. The molecular formula is C21H17BrClFN4O. The fraction of sp³-hybridized carbons (Fsp3) is 0.286. The molecule has 5 rings (SSSR count). The van der Waals surface area contributed by atoms with Crippen molar-refractivity contribution in [2.24, 2.45) is 5.92 Å². The number of nitrogens with zero attached hydrogens (tertiary/aromatic N) is 4. The van der Waals surface area contributed by atoms with Crippen LogP contribution < -0.4 is 0 Å². The highest BCUT2D eigenvalue weighted by Crippen LogP contribution is 2.40. The lowest BCUT2D eigenvalue weighted by molar-refractivity contribution is 0.0543. The van der Waals surface area contributed by atoms with Gasteiger partial charge in [-0.25, -0.2) is 9.37 Å². The normalized spacial score (nSPS) is 16.5. The minimum Gasteiger partial charge on any atom is -0.381 e. The number of hydrogen-bond donors (Lipinski definition) is 0. The quantitative estimate of drug-likeness (QED) is 0.365. The van der Waals surface area contributed by atoms with Crippen LogP contribution in [-0.2, 0) is 4.74 Å². The lowest BCUT2D eigenvalue weighted by atomic mass is 9.88. The highest BCUT2D eigenvalue weighted by Gasteiger charge is 2.32. The van der Waals surface area contributed by atoms with Crippen molar-refractivity contribution in [3.05, 3.63) is 64.0 Å². The van der Waals surface area contributed by atoms with Gasteiger partial charge in [-0.15, -0.1) is 0 Å². The summed E-state index contributed by atoms with van der Waals surface area (Å²) in [7, 11) is 0. The van der Waals surface area contributed by atoms with Crippen LogP contribution in [0.2, 0.25) is 5.15 Å². The molecule has 148 valence electrons. The van der Waals surface area contributed by atoms with Gasteiger partial charge in [-0.05, 0) is 59.0 Å². The van der Waals surface area contributed by atoms with Gasteiger partial charge in [-0.1, -0.05) is 11.6 Å². The molecule has 1 atom stereocenters. The molecule has 0 N–H and O–H groups in total. The third-order valence-corrected chi connectivity index (χ3v) is 6.16. The third-order valence-electron chi connectivity index (χ3n) is 5.51. The van der Waals surface area contributed by atoms with E-state index >= 15 is 0 Å². The number of halogens is 3. The summed E-state index contributed by atoms with van der Waals surface area (Å²) in [4.78, 5) is 13.3. The highest BCUT2D eigenvalue weighted by molar-refractivity contribution is 9.10. The molecule has 5 nitrogen and oxygen atoms in total. The molecule has 1 fully saturated rings. The van der Waals surface area contributed by atoms with Crippen LogP contribution in [0.4, 0.5) is 4.39 Å². The lowest BCUT2D eigenvalue weighted by Gasteiger charge is -2.32. The van der Waals surface area contributed by atoms with Crippen LogP contribution in [-0.4, -0.2) is 32.7 Å². The Morgan fingerprint density at radius 1 is 1.14 bits per heavy atom. The summed E-state index contributed by atoms with van der Waals surface area (Å²) >= 11 is 9.78. The third kappa shape index (κ3) is 3.31. The molecule has 0 amide bonds. The molecule has 0 saturated carbocycles. The Kier molecular flexibility index (Phi) is 4.97. The first-order valence-electron chi connectivity index (χ1n) is 9.42. The number of aromatic nitrogens is 4. The monoisotopic (exact) mass is 474 g/mol. The van der Waals surface area contributed by atoms with Crippen LogP contribution in [0.1, 0.15) is 24.6 Å². The van der Waals surface area contributed by atoms with Gasteiger partial charge in [0, 0.05) is 41.7 Å². The molecule has 8 heteroatoms. The van der Waals surface area contributed by atoms with Crippen LogP contribution >= 0.6 is 27.5 Å². The van der Waals surface area contributed by atoms with Crippen molar-refractivity contribution in [3.8, 4) is 0 Å². The second kappa shape index (κ2) is 7.63. The summed E-state index contributed by atoms with van der Waals surface area (Å²) in [5, 5.41) is 1.26. The smallest absolute Gasteiger partial charge is 0.146 e. The first-order valence-corrected chi connectivity index (χ1v) is 10.6. The van der Waals surface area contributed by atoms with Crippen molar-refractivity contribution in [2.75, 3.05) is 13.2 Å². The summed E-state index contributed by atoms with van der Waals surface area (Å²) < 4.78 is 23.5. The largest absolute Gasteiger partial charge is 0.381 e. The number of ether oxygens (including phenoxy) is 1. The van der Waals surface area contributed by atoms with Crippen LogP contribution in [0, 0.1) is 11.7 Å². The average molecular weight is 476 g/mol. The van der Waals surface area contributed by atoms with Crippen molar-refractivity contribution in [1.82, 2.24) is 19.5 Å². The van der Waals surface area contributed by atoms with Crippen molar-refractivity contribution < 1.29 is 9.13 Å². The fourth-order valence-electron chi connectivity index (χ4n) is 4.25. The zero-order valence-corrected chi connectivity index (χ0v) is 17.7. The minimum absolute atomic E-state index is 0.165. The zero-order valence-electron chi connectivity index (χ0n) is 15.4. The van der Waals surface area contributed by atoms with E-state index in [0.29, 0.717) is 24.1 Å². The zero-order chi connectivity index (χ0) is 20.0. The minimum atomic E-state index is -0.317. The van der Waals surface area contributed by atoms with E-state index in [9.17, 15) is 4.39 Å². The molecule has 1 aliphatic rings. The summed E-state index contributed by atoms with van der Waals surface area (Å²) in [5.74, 6) is -0.153. The molecule has 0 spiro atoms. The predicted molar refractivity (Wildman–Crippen MR) is 114 cm³/mol. The van der Waals surface area contributed by atoms with E-state index in [2.05, 4.69) is 35.4 Å². The molecule has 0 radical (unpaired) electrons. The van der Waals surface area contributed by atoms with E-state index in [1.165, 1.54) is 6.07 Å². The summed E-state index contributed by atoms with van der Waals surface area (Å²) in [6.07, 6.45) is 6.77. The van der Waals surface area contributed by atoms with Gasteiger partial charge in [0.25, 0.3) is 0 Å². The van der Waals surface area contributed by atoms with Gasteiger partial charge in [0.15, 0.2) is 0 Å². The number of hydrogen-bond acceptors (Lipinski definition) is 4. The van der Waals surface area contributed by atoms with Crippen LogP contribution in [0.25, 0.3) is 21.9 Å². The molecule has 29 heavy (non-hydrogen) atoms. The molecule has 1 saturated heterocycles. The molecule has 0 aromatic carbocycles. The Bertz CT molecular complexity index is 1150. The van der Waals surface area contributed by atoms with E-state index in [1.54, 1.807) is 24.7 Å². The standard InChI is InChI=1S/C21H17BrClFN4O/c22-13-8-17-19(27-10-13)14-11-26-18(23)9-16(14)28(17)21(12-3-6-29-7-4-12)20-15(24)2-1-5-25-20/h1-2,5,8-12,21H,3-4,6-7H2. The Morgan fingerprint density at radius 2 is 1.97 bits per heavy atom. The van der Waals surface area contributed by atoms with E-state index in [1.807, 2.05) is 12.1 Å². The SMILES string of the molecule is Fc1cccnc1C(C1CCOCC1)n1c2cc(Cl)ncc2c2ncc(Br)cc21. The van der Waals surface area contributed by atoms with Crippen LogP contribution in [0.15, 0.2) is 47.3 Å². The molecule has 4 aromatic heterocycles. The summed E-state index contributed by atoms with van der Waals surface area (Å²) in [5.41, 5.74) is 2.99. The molecule has 0 bridgehead atoms. The van der Waals surface area contributed by atoms with Crippen molar-refractivity contribution in [2.45, 2.75) is 18.9 Å². The second-order valence-corrected chi connectivity index (χ2v) is 8.48. The maximum Gasteiger partial charge on any atom is 0.146 e. The van der Waals surface area contributed by atoms with Crippen LogP contribution in [0.5, 0.6) is 0 Å². The fourth-order valence-corrected chi connectivity index (χ4v) is 4.73. The molecular weight excluding hydrogens is 459 g/mol. The number of fused-ring (bicyclic) bond motifs is 3. The first kappa shape index (κ1) is 18.9. The molecule has 1 unspecified atom stereocenters. The Morgan fingerprint density at radius 3 is 2.76 bits per heavy atom. The van der Waals surface area contributed by atoms with Gasteiger partial charge < -0.3 is 9.30 Å². The van der Waals surface area contributed by atoms with Gasteiger partial charge >= 0.3 is 0 Å². The van der Waals surface area contributed by atoms with Crippen molar-refractivity contribution in [1.29, 1.82) is 0 Å². The highest BCUT2D eigenvalue weighted by atomic mass is 79.9. The molecule has 0 aliphatic carbocycles. The van der Waals surface area contributed by atoms with E-state index in [4.69, 9.17) is 16.3 Å². The van der Waals surface area contributed by atoms with Gasteiger partial charge in [-0.3, -0.25) is 9.97 Å². The first-order chi connectivity index (χ1) is 14.1. The number of rotatable bonds is 3. The van der Waals surface area contributed by atoms with Crippen molar-refractivity contribution in [3.63, 3.8) is 0 Å². The van der Waals surface area contributed by atoms with Gasteiger partial charge in [0.05, 0.1) is 28.3 Å². The Hall–Kier alpha value is -2.09. The van der Waals surface area contributed by atoms with Crippen LogP contribution in [0.3, 0.4) is 0 Å². The molecule has 5 heterocycles. The maximum atomic E-state index is 15.0. The summed E-state index contributed by atoms with van der Waals surface area (Å²) in [6.45, 7) is 1.30. The average Bonchev–Trinajstić information content (AvgIpc) is 3.03. The van der Waals surface area contributed by atoms with Gasteiger partial charge in [0.2, 0.25) is 0 Å². The maximum absolute atomic E-state index is 15.0. The number of pyridine rings is 3. The van der Waals surface area contributed by atoms with Crippen molar-refractivity contribution >= 4 is 49.5 Å². The van der Waals surface area contributed by atoms with E-state index in [-0.39, 0.29) is 17.8 Å². The molecule has 4 aromatic rings. The second-order valence-electron chi connectivity index (χ2n) is 7.18. The van der Waals surface area contributed by atoms with E-state index < -0.39 is 0 Å².